The Hall–Kier alpha value is -2.22. The van der Waals surface area contributed by atoms with E-state index in [0.29, 0.717) is 31.3 Å². The second-order valence-corrected chi connectivity index (χ2v) is 12.2. The number of carbonyl (C=O) groups is 1. The van der Waals surface area contributed by atoms with Gasteiger partial charge < -0.3 is 14.6 Å². The van der Waals surface area contributed by atoms with Gasteiger partial charge in [0.2, 0.25) is 5.91 Å². The molecule has 1 aromatic carbocycles. The van der Waals surface area contributed by atoms with Gasteiger partial charge in [0.25, 0.3) is 0 Å². The van der Waals surface area contributed by atoms with Crippen LogP contribution in [0.25, 0.3) is 0 Å². The van der Waals surface area contributed by atoms with E-state index in [4.69, 9.17) is 14.5 Å². The number of carbonyl (C=O) groups excluding carboxylic acids is 1. The number of hydrogen-bond acceptors (Lipinski definition) is 6. The molecule has 0 spiro atoms. The van der Waals surface area contributed by atoms with Gasteiger partial charge >= 0.3 is 0 Å². The zero-order valence-corrected chi connectivity index (χ0v) is 24.1. The number of benzene rings is 1. The Kier molecular flexibility index (Phi) is 11.4. The summed E-state index contributed by atoms with van der Waals surface area (Å²) in [5.74, 6) is 3.40. The molecule has 1 heterocycles. The van der Waals surface area contributed by atoms with E-state index >= 15 is 0 Å². The van der Waals surface area contributed by atoms with Crippen LogP contribution in [0, 0.1) is 11.8 Å². The van der Waals surface area contributed by atoms with Crippen molar-refractivity contribution < 1.29 is 24.2 Å². The van der Waals surface area contributed by atoms with E-state index in [2.05, 4.69) is 36.1 Å². The SMILES string of the molecule is CCCCOCCC(CC(=O)N[C@@H](COO)Cc1ccccc1)c1noc(C2CC(CC(C)C)C2)c1C1CC1. The van der Waals surface area contributed by atoms with Crippen molar-refractivity contribution >= 4 is 5.91 Å². The third kappa shape index (κ3) is 8.89. The smallest absolute Gasteiger partial charge is 0.220 e. The minimum absolute atomic E-state index is 0.0338. The van der Waals surface area contributed by atoms with Crippen LogP contribution in [-0.4, -0.2) is 42.2 Å². The lowest BCUT2D eigenvalue weighted by Crippen LogP contribution is -2.40. The van der Waals surface area contributed by atoms with Crippen LogP contribution in [0.1, 0.15) is 119 Å². The van der Waals surface area contributed by atoms with Crippen molar-refractivity contribution in [3.05, 3.63) is 52.9 Å². The number of ether oxygens (including phenoxy) is 1. The highest BCUT2D eigenvalue weighted by molar-refractivity contribution is 5.77. The third-order valence-electron chi connectivity index (χ3n) is 8.22. The Balaban J connectivity index is 1.45. The van der Waals surface area contributed by atoms with Gasteiger partial charge in [0.15, 0.2) is 0 Å². The van der Waals surface area contributed by atoms with Crippen LogP contribution in [-0.2, 0) is 20.8 Å². The van der Waals surface area contributed by atoms with Crippen LogP contribution in [0.4, 0.5) is 0 Å². The van der Waals surface area contributed by atoms with E-state index in [1.807, 2.05) is 30.3 Å². The minimum Gasteiger partial charge on any atom is -0.381 e. The Morgan fingerprint density at radius 3 is 2.59 bits per heavy atom. The molecule has 2 fully saturated rings. The minimum atomic E-state index is -0.324. The summed E-state index contributed by atoms with van der Waals surface area (Å²) in [6.07, 6.45) is 9.72. The molecule has 2 atom stereocenters. The van der Waals surface area contributed by atoms with E-state index in [0.717, 1.165) is 54.7 Å². The van der Waals surface area contributed by atoms with E-state index in [-0.39, 0.29) is 24.5 Å². The number of aromatic nitrogens is 1. The standard InChI is InChI=1S/C32H48N2O5/c1-4-5-14-37-15-13-26(20-29(35)33-28(21-38-36)19-23-9-7-6-8-10-23)31-30(25-11-12-25)32(39-34-31)27-17-24(18-27)16-22(2)3/h6-10,22,24-28,36H,4-5,11-21H2,1-3H3,(H,33,35)/t24?,26?,27?,28-/m1/s1. The summed E-state index contributed by atoms with van der Waals surface area (Å²) in [6, 6.07) is 9.60. The van der Waals surface area contributed by atoms with Crippen molar-refractivity contribution in [1.82, 2.24) is 10.5 Å². The average Bonchev–Trinajstić information content (AvgIpc) is 3.64. The molecule has 0 radical (unpaired) electrons. The summed E-state index contributed by atoms with van der Waals surface area (Å²) in [5, 5.41) is 16.9. The lowest BCUT2D eigenvalue weighted by molar-refractivity contribution is -0.246. The molecule has 2 aliphatic rings. The van der Waals surface area contributed by atoms with Crippen molar-refractivity contribution in [2.24, 2.45) is 11.8 Å². The van der Waals surface area contributed by atoms with Gasteiger partial charge in [0, 0.05) is 37.0 Å². The molecule has 0 saturated heterocycles. The van der Waals surface area contributed by atoms with Gasteiger partial charge in [-0.1, -0.05) is 62.7 Å². The summed E-state index contributed by atoms with van der Waals surface area (Å²) in [6.45, 7) is 8.11. The number of unbranched alkanes of at least 4 members (excludes halogenated alkanes) is 1. The second-order valence-electron chi connectivity index (χ2n) is 12.2. The first-order valence-electron chi connectivity index (χ1n) is 15.1. The van der Waals surface area contributed by atoms with Crippen molar-refractivity contribution in [2.75, 3.05) is 19.8 Å². The first kappa shape index (κ1) is 29.8. The Morgan fingerprint density at radius 2 is 1.92 bits per heavy atom. The molecule has 0 aliphatic heterocycles. The lowest BCUT2D eigenvalue weighted by Gasteiger charge is -2.35. The molecular weight excluding hydrogens is 492 g/mol. The summed E-state index contributed by atoms with van der Waals surface area (Å²) in [5.41, 5.74) is 3.33. The van der Waals surface area contributed by atoms with E-state index in [1.165, 1.54) is 37.7 Å². The first-order chi connectivity index (χ1) is 19.0. The molecule has 7 heteroatoms. The average molecular weight is 541 g/mol. The van der Waals surface area contributed by atoms with Crippen LogP contribution >= 0.6 is 0 Å². The summed E-state index contributed by atoms with van der Waals surface area (Å²) in [7, 11) is 0. The van der Waals surface area contributed by atoms with Gasteiger partial charge in [0.05, 0.1) is 11.7 Å². The summed E-state index contributed by atoms with van der Waals surface area (Å²) >= 11 is 0. The van der Waals surface area contributed by atoms with E-state index in [9.17, 15) is 4.79 Å². The van der Waals surface area contributed by atoms with Gasteiger partial charge in [-0.2, -0.15) is 0 Å². The number of amides is 1. The van der Waals surface area contributed by atoms with Crippen molar-refractivity contribution in [3.8, 4) is 0 Å². The van der Waals surface area contributed by atoms with Crippen LogP contribution in [0.15, 0.2) is 34.9 Å². The maximum atomic E-state index is 13.3. The van der Waals surface area contributed by atoms with Crippen LogP contribution < -0.4 is 5.32 Å². The number of nitrogens with zero attached hydrogens (tertiary/aromatic N) is 1. The molecular formula is C32H48N2O5. The third-order valence-corrected chi connectivity index (χ3v) is 8.22. The molecule has 1 unspecified atom stereocenters. The summed E-state index contributed by atoms with van der Waals surface area (Å²) in [4.78, 5) is 17.8. The molecule has 0 bridgehead atoms. The summed E-state index contributed by atoms with van der Waals surface area (Å²) < 4.78 is 12.0. The lowest BCUT2D eigenvalue weighted by atomic mass is 9.69. The number of rotatable bonds is 18. The zero-order valence-electron chi connectivity index (χ0n) is 24.1. The predicted octanol–water partition coefficient (Wildman–Crippen LogP) is 6.99. The molecule has 39 heavy (non-hydrogen) atoms. The van der Waals surface area contributed by atoms with Gasteiger partial charge in [0.1, 0.15) is 12.4 Å². The first-order valence-corrected chi connectivity index (χ1v) is 15.1. The topological polar surface area (TPSA) is 93.8 Å². The Morgan fingerprint density at radius 1 is 1.15 bits per heavy atom. The highest BCUT2D eigenvalue weighted by Crippen LogP contribution is 2.52. The molecule has 2 N–H and O–H groups in total. The quantitative estimate of drug-likeness (QED) is 0.120. The molecule has 2 saturated carbocycles. The fourth-order valence-corrected chi connectivity index (χ4v) is 6.06. The monoisotopic (exact) mass is 540 g/mol. The van der Waals surface area contributed by atoms with Crippen molar-refractivity contribution in [1.29, 1.82) is 0 Å². The zero-order chi connectivity index (χ0) is 27.6. The number of nitrogens with one attached hydrogen (secondary N) is 1. The normalized spacial score (nSPS) is 20.5. The van der Waals surface area contributed by atoms with Crippen molar-refractivity contribution in [2.45, 2.75) is 109 Å². The molecule has 4 rings (SSSR count). The van der Waals surface area contributed by atoms with E-state index < -0.39 is 0 Å². The van der Waals surface area contributed by atoms with Gasteiger partial charge in [-0.05, 0) is 74.7 Å². The Bertz CT molecular complexity index is 997. The predicted molar refractivity (Wildman–Crippen MR) is 152 cm³/mol. The molecule has 7 nitrogen and oxygen atoms in total. The number of hydrogen-bond donors (Lipinski definition) is 2. The second kappa shape index (κ2) is 15.0. The Labute approximate surface area is 233 Å². The molecule has 2 aliphatic carbocycles. The van der Waals surface area contributed by atoms with E-state index in [1.54, 1.807) is 0 Å². The van der Waals surface area contributed by atoms with Gasteiger partial charge in [-0.3, -0.25) is 10.1 Å². The highest BCUT2D eigenvalue weighted by Gasteiger charge is 2.41. The maximum absolute atomic E-state index is 13.3. The molecule has 2 aromatic rings. The molecule has 216 valence electrons. The maximum Gasteiger partial charge on any atom is 0.220 e. The highest BCUT2D eigenvalue weighted by atomic mass is 17.1. The fraction of sp³-hybridized carbons (Fsp3) is 0.688. The van der Waals surface area contributed by atoms with Crippen LogP contribution in [0.5, 0.6) is 0 Å². The molecule has 1 aromatic heterocycles. The van der Waals surface area contributed by atoms with Crippen LogP contribution in [0.3, 0.4) is 0 Å². The van der Waals surface area contributed by atoms with Gasteiger partial charge in [-0.15, -0.1) is 0 Å². The largest absolute Gasteiger partial charge is 0.381 e. The molecule has 1 amide bonds. The van der Waals surface area contributed by atoms with Crippen LogP contribution in [0.2, 0.25) is 0 Å². The fourth-order valence-electron chi connectivity index (χ4n) is 6.06. The van der Waals surface area contributed by atoms with Crippen molar-refractivity contribution in [3.63, 3.8) is 0 Å². The van der Waals surface area contributed by atoms with Gasteiger partial charge in [-0.25, -0.2) is 4.89 Å².